The zero-order valence-electron chi connectivity index (χ0n) is 11.0. The minimum atomic E-state index is -0.164. The van der Waals surface area contributed by atoms with Gasteiger partial charge >= 0.3 is 0 Å². The Hall–Kier alpha value is -2.08. The normalized spacial score (nSPS) is 10.7. The van der Waals surface area contributed by atoms with E-state index in [-0.39, 0.29) is 19.1 Å². The molecule has 2 aromatic rings. The fraction of sp³-hybridized carbons (Fsp3) is 0.385. The summed E-state index contributed by atoms with van der Waals surface area (Å²) in [5.41, 5.74) is 0.516. The summed E-state index contributed by atoms with van der Waals surface area (Å²) in [7, 11) is 1.87. The third-order valence-corrected chi connectivity index (χ3v) is 3.00. The van der Waals surface area contributed by atoms with Crippen LogP contribution in [0.3, 0.4) is 0 Å². The molecule has 0 atom stereocenters. The van der Waals surface area contributed by atoms with Gasteiger partial charge in [0.25, 0.3) is 5.91 Å². The number of carbonyl (C=O) groups excluding carboxylic acids is 1. The van der Waals surface area contributed by atoms with Gasteiger partial charge in [-0.1, -0.05) is 0 Å². The molecule has 0 aliphatic carbocycles. The Labute approximate surface area is 111 Å². The molecule has 0 bridgehead atoms. The number of aryl methyl sites for hydroxylation is 2. The van der Waals surface area contributed by atoms with Gasteiger partial charge in [-0.15, -0.1) is 0 Å². The number of carbonyl (C=O) groups is 1. The number of nitrogens with zero attached hydrogens (tertiary/aromatic N) is 3. The molecule has 0 unspecified atom stereocenters. The zero-order valence-corrected chi connectivity index (χ0v) is 11.0. The minimum Gasteiger partial charge on any atom is -0.469 e. The fourth-order valence-electron chi connectivity index (χ4n) is 1.87. The lowest BCUT2D eigenvalue weighted by atomic mass is 10.2. The number of rotatable bonds is 5. The van der Waals surface area contributed by atoms with Gasteiger partial charge in [-0.2, -0.15) is 0 Å². The summed E-state index contributed by atoms with van der Waals surface area (Å²) in [6.45, 7) is 2.27. The molecule has 0 radical (unpaired) electrons. The van der Waals surface area contributed by atoms with Gasteiger partial charge in [0, 0.05) is 26.0 Å². The smallest absolute Gasteiger partial charge is 0.257 e. The van der Waals surface area contributed by atoms with E-state index in [0.717, 1.165) is 5.82 Å². The number of hydrogen-bond acceptors (Lipinski definition) is 4. The summed E-state index contributed by atoms with van der Waals surface area (Å²) in [4.78, 5) is 18.1. The molecule has 0 spiro atoms. The van der Waals surface area contributed by atoms with Gasteiger partial charge in [0.1, 0.15) is 11.6 Å². The second kappa shape index (κ2) is 5.71. The van der Waals surface area contributed by atoms with Crippen molar-refractivity contribution in [1.82, 2.24) is 14.5 Å². The van der Waals surface area contributed by atoms with Crippen molar-refractivity contribution in [2.75, 3.05) is 13.2 Å². The van der Waals surface area contributed by atoms with Crippen molar-refractivity contribution >= 4 is 5.91 Å². The monoisotopic (exact) mass is 263 g/mol. The van der Waals surface area contributed by atoms with E-state index in [1.54, 1.807) is 24.1 Å². The molecule has 0 aromatic carbocycles. The van der Waals surface area contributed by atoms with Crippen LogP contribution in [0.25, 0.3) is 0 Å². The molecule has 2 aromatic heterocycles. The minimum absolute atomic E-state index is 0.0902. The topological polar surface area (TPSA) is 71.5 Å². The van der Waals surface area contributed by atoms with E-state index in [0.29, 0.717) is 17.9 Å². The summed E-state index contributed by atoms with van der Waals surface area (Å²) in [5.74, 6) is 1.18. The van der Waals surface area contributed by atoms with Crippen LogP contribution in [0.15, 0.2) is 29.1 Å². The molecule has 0 aliphatic heterocycles. The zero-order chi connectivity index (χ0) is 13.8. The number of furan rings is 1. The average molecular weight is 263 g/mol. The van der Waals surface area contributed by atoms with Gasteiger partial charge in [0.15, 0.2) is 0 Å². The summed E-state index contributed by atoms with van der Waals surface area (Å²) in [6.07, 6.45) is 4.99. The van der Waals surface area contributed by atoms with Gasteiger partial charge in [-0.3, -0.25) is 4.79 Å². The Balaban J connectivity index is 2.18. The van der Waals surface area contributed by atoms with Crippen molar-refractivity contribution < 1.29 is 14.3 Å². The number of hydrogen-bond donors (Lipinski definition) is 1. The van der Waals surface area contributed by atoms with E-state index < -0.39 is 0 Å². The molecule has 0 fully saturated rings. The van der Waals surface area contributed by atoms with Crippen molar-refractivity contribution in [1.29, 1.82) is 0 Å². The number of aliphatic hydroxyl groups excluding tert-OH is 1. The molecule has 6 heteroatoms. The van der Waals surface area contributed by atoms with E-state index in [9.17, 15) is 4.79 Å². The molecular formula is C13H17N3O3. The van der Waals surface area contributed by atoms with Crippen LogP contribution in [-0.4, -0.2) is 38.6 Å². The van der Waals surface area contributed by atoms with Crippen LogP contribution in [0.2, 0.25) is 0 Å². The first-order chi connectivity index (χ1) is 9.13. The number of imidazole rings is 1. The van der Waals surface area contributed by atoms with E-state index >= 15 is 0 Å². The molecule has 6 nitrogen and oxygen atoms in total. The number of aliphatic hydroxyl groups is 1. The van der Waals surface area contributed by atoms with Crippen LogP contribution in [0.5, 0.6) is 0 Å². The maximum atomic E-state index is 12.4. The standard InChI is InChI=1S/C13H17N3O3/c1-10-11(3-8-19-10)13(18)16(6-7-17)9-12-14-4-5-15(12)2/h3-5,8,17H,6-7,9H2,1-2H3. The van der Waals surface area contributed by atoms with Crippen LogP contribution in [0, 0.1) is 6.92 Å². The molecule has 2 rings (SSSR count). The molecule has 19 heavy (non-hydrogen) atoms. The quantitative estimate of drug-likeness (QED) is 0.872. The first-order valence-electron chi connectivity index (χ1n) is 6.04. The third kappa shape index (κ3) is 2.85. The maximum absolute atomic E-state index is 12.4. The summed E-state index contributed by atoms with van der Waals surface area (Å²) in [6, 6.07) is 1.64. The Kier molecular flexibility index (Phi) is 4.01. The SMILES string of the molecule is Cc1occc1C(=O)N(CCO)Cc1nccn1C. The first-order valence-corrected chi connectivity index (χ1v) is 6.04. The second-order valence-corrected chi connectivity index (χ2v) is 4.30. The Bertz CT molecular complexity index is 559. The van der Waals surface area contributed by atoms with Gasteiger partial charge in [0.05, 0.1) is 25.0 Å². The predicted molar refractivity (Wildman–Crippen MR) is 68.5 cm³/mol. The highest BCUT2D eigenvalue weighted by Crippen LogP contribution is 2.13. The highest BCUT2D eigenvalue weighted by atomic mass is 16.3. The number of amides is 1. The first kappa shape index (κ1) is 13.4. The average Bonchev–Trinajstić information content (AvgIpc) is 2.97. The van der Waals surface area contributed by atoms with Crippen LogP contribution < -0.4 is 0 Å². The molecule has 2 heterocycles. The summed E-state index contributed by atoms with van der Waals surface area (Å²) < 4.78 is 6.99. The second-order valence-electron chi connectivity index (χ2n) is 4.30. The van der Waals surface area contributed by atoms with Crippen molar-refractivity contribution in [2.24, 2.45) is 7.05 Å². The summed E-state index contributed by atoms with van der Waals surface area (Å²) >= 11 is 0. The van der Waals surface area contributed by atoms with Crippen LogP contribution in [-0.2, 0) is 13.6 Å². The highest BCUT2D eigenvalue weighted by molar-refractivity contribution is 5.95. The molecule has 0 aliphatic rings. The third-order valence-electron chi connectivity index (χ3n) is 3.00. The number of aromatic nitrogens is 2. The van der Waals surface area contributed by atoms with Gasteiger partial charge in [-0.05, 0) is 13.0 Å². The van der Waals surface area contributed by atoms with E-state index in [1.807, 2.05) is 17.8 Å². The van der Waals surface area contributed by atoms with Crippen LogP contribution >= 0.6 is 0 Å². The molecule has 1 amide bonds. The van der Waals surface area contributed by atoms with Crippen molar-refractivity contribution in [3.8, 4) is 0 Å². The lowest BCUT2D eigenvalue weighted by molar-refractivity contribution is 0.0700. The van der Waals surface area contributed by atoms with Gasteiger partial charge in [0.2, 0.25) is 0 Å². The van der Waals surface area contributed by atoms with E-state index in [4.69, 9.17) is 9.52 Å². The molecule has 0 saturated heterocycles. The highest BCUT2D eigenvalue weighted by Gasteiger charge is 2.20. The van der Waals surface area contributed by atoms with Crippen LogP contribution in [0.4, 0.5) is 0 Å². The fourth-order valence-corrected chi connectivity index (χ4v) is 1.87. The van der Waals surface area contributed by atoms with Crippen molar-refractivity contribution in [2.45, 2.75) is 13.5 Å². The lowest BCUT2D eigenvalue weighted by Gasteiger charge is -2.21. The van der Waals surface area contributed by atoms with Crippen molar-refractivity contribution in [3.63, 3.8) is 0 Å². The van der Waals surface area contributed by atoms with Gasteiger partial charge in [-0.25, -0.2) is 4.98 Å². The predicted octanol–water partition coefficient (Wildman–Crippen LogP) is 0.956. The van der Waals surface area contributed by atoms with Crippen molar-refractivity contribution in [3.05, 3.63) is 41.9 Å². The Morgan fingerprint density at radius 1 is 1.58 bits per heavy atom. The Morgan fingerprint density at radius 3 is 2.89 bits per heavy atom. The van der Waals surface area contributed by atoms with E-state index in [1.165, 1.54) is 6.26 Å². The Morgan fingerprint density at radius 2 is 2.37 bits per heavy atom. The molecule has 1 N–H and O–H groups in total. The molecular weight excluding hydrogens is 246 g/mol. The van der Waals surface area contributed by atoms with E-state index in [2.05, 4.69) is 4.98 Å². The summed E-state index contributed by atoms with van der Waals surface area (Å²) in [5, 5.41) is 9.11. The van der Waals surface area contributed by atoms with Crippen LogP contribution in [0.1, 0.15) is 21.9 Å². The molecule has 102 valence electrons. The van der Waals surface area contributed by atoms with Gasteiger partial charge < -0.3 is 19.0 Å². The lowest BCUT2D eigenvalue weighted by Crippen LogP contribution is -2.34. The maximum Gasteiger partial charge on any atom is 0.257 e. The largest absolute Gasteiger partial charge is 0.469 e. The molecule has 0 saturated carbocycles.